The highest BCUT2D eigenvalue weighted by atomic mass is 35.5. The number of nitrogens with one attached hydrogen (secondary N) is 1. The number of H-pyrrole nitrogens is 1. The van der Waals surface area contributed by atoms with E-state index in [4.69, 9.17) is 16.3 Å². The van der Waals surface area contributed by atoms with Crippen molar-refractivity contribution >= 4 is 21.6 Å². The number of ether oxygens (including phenoxy) is 1. The van der Waals surface area contributed by atoms with Crippen LogP contribution in [0.3, 0.4) is 0 Å². The van der Waals surface area contributed by atoms with Crippen molar-refractivity contribution < 1.29 is 13.2 Å². The van der Waals surface area contributed by atoms with Crippen molar-refractivity contribution in [1.29, 1.82) is 0 Å². The molecule has 0 atom stereocenters. The summed E-state index contributed by atoms with van der Waals surface area (Å²) in [5.41, 5.74) is 1.69. The van der Waals surface area contributed by atoms with E-state index in [1.165, 1.54) is 4.31 Å². The van der Waals surface area contributed by atoms with Crippen LogP contribution in [0.2, 0.25) is 5.02 Å². The summed E-state index contributed by atoms with van der Waals surface area (Å²) in [6.45, 7) is 4.15. The van der Waals surface area contributed by atoms with E-state index in [1.54, 1.807) is 30.6 Å². The topological polar surface area (TPSA) is 78.5 Å². The number of aromatic nitrogens is 2. The third-order valence-electron chi connectivity index (χ3n) is 4.77. The summed E-state index contributed by atoms with van der Waals surface area (Å²) in [6, 6.07) is 5.26. The maximum atomic E-state index is 12.8. The lowest BCUT2D eigenvalue weighted by atomic mass is 10.1. The van der Waals surface area contributed by atoms with Gasteiger partial charge in [-0.1, -0.05) is 17.7 Å². The van der Waals surface area contributed by atoms with Crippen LogP contribution in [0.25, 0.3) is 11.1 Å². The van der Waals surface area contributed by atoms with Gasteiger partial charge in [0.15, 0.2) is 0 Å². The van der Waals surface area contributed by atoms with Crippen LogP contribution < -0.4 is 0 Å². The van der Waals surface area contributed by atoms with Gasteiger partial charge in [0.25, 0.3) is 0 Å². The average Bonchev–Trinajstić information content (AvgIpc) is 3.08. The predicted octanol–water partition coefficient (Wildman–Crippen LogP) is 1.44. The van der Waals surface area contributed by atoms with Crippen LogP contribution >= 0.6 is 11.6 Å². The van der Waals surface area contributed by atoms with E-state index in [0.29, 0.717) is 26.3 Å². The van der Waals surface area contributed by atoms with Crippen LogP contribution in [-0.2, 0) is 14.8 Å². The molecule has 0 saturated carbocycles. The highest BCUT2D eigenvalue weighted by molar-refractivity contribution is 7.89. The molecule has 0 unspecified atom stereocenters. The summed E-state index contributed by atoms with van der Waals surface area (Å²) >= 11 is 6.28. The van der Waals surface area contributed by atoms with Crippen LogP contribution in [0.4, 0.5) is 0 Å². The molecule has 0 bridgehead atoms. The van der Waals surface area contributed by atoms with Gasteiger partial charge in [-0.25, -0.2) is 8.42 Å². The average molecular weight is 383 g/mol. The summed E-state index contributed by atoms with van der Waals surface area (Å²) < 4.78 is 32.5. The molecule has 2 saturated heterocycles. The van der Waals surface area contributed by atoms with Gasteiger partial charge < -0.3 is 4.74 Å². The van der Waals surface area contributed by atoms with Crippen LogP contribution in [0.5, 0.6) is 0 Å². The predicted molar refractivity (Wildman–Crippen MR) is 94.0 cm³/mol. The first-order chi connectivity index (χ1) is 12.1. The summed E-state index contributed by atoms with van der Waals surface area (Å²) in [4.78, 5) is 2.45. The number of hydrogen-bond acceptors (Lipinski definition) is 5. The van der Waals surface area contributed by atoms with Crippen LogP contribution in [0.1, 0.15) is 0 Å². The maximum absolute atomic E-state index is 12.8. The highest BCUT2D eigenvalue weighted by Crippen LogP contribution is 2.32. The van der Waals surface area contributed by atoms with E-state index in [9.17, 15) is 8.42 Å². The Balaban J connectivity index is 1.49. The molecule has 25 heavy (non-hydrogen) atoms. The zero-order valence-electron chi connectivity index (χ0n) is 13.6. The number of aromatic amines is 1. The van der Waals surface area contributed by atoms with E-state index in [-0.39, 0.29) is 16.0 Å². The zero-order chi connectivity index (χ0) is 17.4. The summed E-state index contributed by atoms with van der Waals surface area (Å²) in [5, 5.41) is 6.86. The Morgan fingerprint density at radius 2 is 1.96 bits per heavy atom. The lowest BCUT2D eigenvalue weighted by molar-refractivity contribution is -0.0116. The number of morpholine rings is 1. The lowest BCUT2D eigenvalue weighted by Gasteiger charge is -2.45. The molecule has 0 radical (unpaired) electrons. The standard InChI is InChI=1S/C16H19ClN4O3S/c17-15-7-12(13-8-18-19-9-13)1-2-16(15)25(22,23)21-10-14(11-21)20-3-5-24-6-4-20/h1-2,7-9,14H,3-6,10-11H2,(H,18,19). The molecule has 2 aliphatic rings. The second-order valence-electron chi connectivity index (χ2n) is 6.26. The monoisotopic (exact) mass is 382 g/mol. The molecule has 2 fully saturated rings. The molecule has 0 spiro atoms. The first-order valence-corrected chi connectivity index (χ1v) is 9.98. The Morgan fingerprint density at radius 1 is 1.20 bits per heavy atom. The minimum absolute atomic E-state index is 0.154. The summed E-state index contributed by atoms with van der Waals surface area (Å²) in [6.07, 6.45) is 3.41. The van der Waals surface area contributed by atoms with Gasteiger partial charge in [0, 0.05) is 44.0 Å². The Hall–Kier alpha value is -1.45. The van der Waals surface area contributed by atoms with Gasteiger partial charge in [0.2, 0.25) is 10.0 Å². The highest BCUT2D eigenvalue weighted by Gasteiger charge is 2.40. The fraction of sp³-hybridized carbons (Fsp3) is 0.438. The second-order valence-corrected chi connectivity index (χ2v) is 8.57. The smallest absolute Gasteiger partial charge is 0.244 e. The van der Waals surface area contributed by atoms with Gasteiger partial charge in [-0.3, -0.25) is 10.00 Å². The van der Waals surface area contributed by atoms with Crippen LogP contribution in [-0.4, -0.2) is 73.3 Å². The Morgan fingerprint density at radius 3 is 2.60 bits per heavy atom. The van der Waals surface area contributed by atoms with E-state index < -0.39 is 10.0 Å². The Kier molecular flexibility index (Phi) is 4.55. The van der Waals surface area contributed by atoms with Crippen molar-refractivity contribution in [2.24, 2.45) is 0 Å². The molecule has 2 aliphatic heterocycles. The molecule has 3 heterocycles. The molecule has 2 aromatic rings. The Bertz CT molecular complexity index is 844. The van der Waals surface area contributed by atoms with Gasteiger partial charge in [-0.2, -0.15) is 9.40 Å². The fourth-order valence-corrected chi connectivity index (χ4v) is 5.26. The molecule has 134 valence electrons. The summed E-state index contributed by atoms with van der Waals surface area (Å²) in [7, 11) is -3.57. The molecule has 7 nitrogen and oxygen atoms in total. The van der Waals surface area contributed by atoms with E-state index in [2.05, 4.69) is 15.1 Å². The molecular weight excluding hydrogens is 364 g/mol. The Labute approximate surface area is 151 Å². The van der Waals surface area contributed by atoms with Crippen LogP contribution in [0.15, 0.2) is 35.5 Å². The van der Waals surface area contributed by atoms with Crippen molar-refractivity contribution in [1.82, 2.24) is 19.4 Å². The number of rotatable bonds is 4. The van der Waals surface area contributed by atoms with Gasteiger partial charge in [-0.05, 0) is 17.7 Å². The lowest BCUT2D eigenvalue weighted by Crippen LogP contribution is -2.62. The SMILES string of the molecule is O=S(=O)(c1ccc(-c2cn[nH]c2)cc1Cl)N1CC(N2CCOCC2)C1. The van der Waals surface area contributed by atoms with E-state index >= 15 is 0 Å². The first kappa shape index (κ1) is 17.0. The minimum Gasteiger partial charge on any atom is -0.379 e. The molecular formula is C16H19ClN4O3S. The van der Waals surface area contributed by atoms with Gasteiger partial charge in [0.1, 0.15) is 4.90 Å². The normalized spacial score (nSPS) is 20.5. The number of hydrogen-bond donors (Lipinski definition) is 1. The molecule has 0 amide bonds. The second kappa shape index (κ2) is 6.69. The van der Waals surface area contributed by atoms with Gasteiger partial charge in [0.05, 0.1) is 24.4 Å². The number of sulfonamides is 1. The molecule has 1 aromatic heterocycles. The molecule has 4 rings (SSSR count). The van der Waals surface area contributed by atoms with Crippen molar-refractivity contribution in [3.8, 4) is 11.1 Å². The largest absolute Gasteiger partial charge is 0.379 e. The van der Waals surface area contributed by atoms with Crippen molar-refractivity contribution in [3.63, 3.8) is 0 Å². The van der Waals surface area contributed by atoms with Gasteiger partial charge in [-0.15, -0.1) is 0 Å². The maximum Gasteiger partial charge on any atom is 0.244 e. The molecule has 0 aliphatic carbocycles. The third kappa shape index (κ3) is 3.20. The number of nitrogens with zero attached hydrogens (tertiary/aromatic N) is 3. The van der Waals surface area contributed by atoms with Crippen molar-refractivity contribution in [3.05, 3.63) is 35.6 Å². The quantitative estimate of drug-likeness (QED) is 0.865. The summed E-state index contributed by atoms with van der Waals surface area (Å²) in [5.74, 6) is 0. The van der Waals surface area contributed by atoms with Gasteiger partial charge >= 0.3 is 0 Å². The third-order valence-corrected chi connectivity index (χ3v) is 7.09. The first-order valence-electron chi connectivity index (χ1n) is 8.16. The molecule has 1 N–H and O–H groups in total. The van der Waals surface area contributed by atoms with Crippen LogP contribution in [0, 0.1) is 0 Å². The van der Waals surface area contributed by atoms with E-state index in [0.717, 1.165) is 24.2 Å². The molecule has 1 aromatic carbocycles. The molecule has 9 heteroatoms. The number of benzene rings is 1. The fourth-order valence-electron chi connectivity index (χ4n) is 3.22. The minimum atomic E-state index is -3.57. The van der Waals surface area contributed by atoms with Crippen molar-refractivity contribution in [2.75, 3.05) is 39.4 Å². The number of halogens is 1. The zero-order valence-corrected chi connectivity index (χ0v) is 15.1. The van der Waals surface area contributed by atoms with Crippen molar-refractivity contribution in [2.45, 2.75) is 10.9 Å². The van der Waals surface area contributed by atoms with E-state index in [1.807, 2.05) is 0 Å².